The van der Waals surface area contributed by atoms with Crippen LogP contribution in [0.4, 0.5) is 5.69 Å². The van der Waals surface area contributed by atoms with E-state index in [1.165, 1.54) is 21.9 Å². The first-order valence-electron chi connectivity index (χ1n) is 4.96. The minimum absolute atomic E-state index is 1.14. The van der Waals surface area contributed by atoms with Gasteiger partial charge >= 0.3 is 0 Å². The third kappa shape index (κ3) is 1.15. The summed E-state index contributed by atoms with van der Waals surface area (Å²) in [7, 11) is 0. The van der Waals surface area contributed by atoms with Crippen molar-refractivity contribution in [2.45, 2.75) is 6.92 Å². The summed E-state index contributed by atoms with van der Waals surface area (Å²) in [5.74, 6) is 0. The molecule has 2 aromatic carbocycles. The first kappa shape index (κ1) is 8.98. The average molecular weight is 213 g/mol. The van der Waals surface area contributed by atoms with Gasteiger partial charge in [0, 0.05) is 10.9 Å². The molecule has 1 aliphatic rings. The fraction of sp³-hybridized carbons (Fsp3) is 0.154. The lowest BCUT2D eigenvalue weighted by molar-refractivity contribution is 1.45. The Morgan fingerprint density at radius 1 is 1.13 bits per heavy atom. The molecule has 0 radical (unpaired) electrons. The number of rotatable bonds is 0. The third-order valence-electron chi connectivity index (χ3n) is 2.86. The number of hydrogen-bond acceptors (Lipinski definition) is 2. The van der Waals surface area contributed by atoms with Gasteiger partial charge in [-0.3, -0.25) is 0 Å². The maximum Gasteiger partial charge on any atom is 0.104 e. The topological polar surface area (TPSA) is 12.4 Å². The Labute approximate surface area is 93.2 Å². The Kier molecular flexibility index (Phi) is 1.86. The minimum Gasteiger partial charge on any atom is -0.241 e. The van der Waals surface area contributed by atoms with E-state index in [-0.39, 0.29) is 0 Å². The second kappa shape index (κ2) is 3.11. The highest BCUT2D eigenvalue weighted by Crippen LogP contribution is 2.39. The first-order chi connectivity index (χ1) is 7.31. The van der Waals surface area contributed by atoms with Crippen LogP contribution in [-0.2, 0) is 0 Å². The van der Waals surface area contributed by atoms with Crippen molar-refractivity contribution < 1.29 is 0 Å². The van der Waals surface area contributed by atoms with Gasteiger partial charge in [-0.15, -0.1) is 11.8 Å². The van der Waals surface area contributed by atoms with E-state index in [1.807, 2.05) is 0 Å². The molecule has 0 bridgehead atoms. The molecule has 15 heavy (non-hydrogen) atoms. The summed E-state index contributed by atoms with van der Waals surface area (Å²) in [6, 6.07) is 10.7. The molecule has 2 heteroatoms. The number of nitrogens with zero attached hydrogens (tertiary/aromatic N) is 1. The van der Waals surface area contributed by atoms with E-state index in [1.54, 1.807) is 11.8 Å². The summed E-state index contributed by atoms with van der Waals surface area (Å²) in [6.45, 7) is 2.12. The van der Waals surface area contributed by atoms with Crippen LogP contribution in [0.3, 0.4) is 0 Å². The quantitative estimate of drug-likeness (QED) is 0.646. The van der Waals surface area contributed by atoms with E-state index in [4.69, 9.17) is 4.99 Å². The molecule has 1 heterocycles. The lowest BCUT2D eigenvalue weighted by Gasteiger charge is -2.02. The molecular weight excluding hydrogens is 202 g/mol. The summed E-state index contributed by atoms with van der Waals surface area (Å²) in [4.78, 5) is 4.69. The second-order valence-corrected chi connectivity index (χ2v) is 4.55. The Morgan fingerprint density at radius 3 is 2.80 bits per heavy atom. The van der Waals surface area contributed by atoms with E-state index >= 15 is 0 Å². The summed E-state index contributed by atoms with van der Waals surface area (Å²) in [5, 5.41) is 3.76. The maximum atomic E-state index is 4.69. The number of benzene rings is 2. The fourth-order valence-corrected chi connectivity index (χ4v) is 2.68. The zero-order chi connectivity index (χ0) is 10.4. The molecule has 2 aromatic rings. The van der Waals surface area contributed by atoms with Crippen molar-refractivity contribution in [3.05, 3.63) is 41.5 Å². The van der Waals surface area contributed by atoms with E-state index < -0.39 is 0 Å². The highest BCUT2D eigenvalue weighted by molar-refractivity contribution is 8.13. The van der Waals surface area contributed by atoms with Gasteiger partial charge in [0.2, 0.25) is 0 Å². The molecule has 74 valence electrons. The smallest absolute Gasteiger partial charge is 0.104 e. The second-order valence-electron chi connectivity index (χ2n) is 3.76. The van der Waals surface area contributed by atoms with Gasteiger partial charge in [-0.1, -0.05) is 30.3 Å². The zero-order valence-corrected chi connectivity index (χ0v) is 9.56. The lowest BCUT2D eigenvalue weighted by Crippen LogP contribution is -1.89. The fourth-order valence-electron chi connectivity index (χ4n) is 2.10. The normalized spacial score (nSPS) is 13.3. The zero-order valence-electron chi connectivity index (χ0n) is 8.74. The van der Waals surface area contributed by atoms with Crippen molar-refractivity contribution in [3.8, 4) is 0 Å². The van der Waals surface area contributed by atoms with Crippen LogP contribution in [0.25, 0.3) is 10.8 Å². The van der Waals surface area contributed by atoms with Crippen LogP contribution in [0.5, 0.6) is 0 Å². The summed E-state index contributed by atoms with van der Waals surface area (Å²) < 4.78 is 0. The molecule has 0 amide bonds. The van der Waals surface area contributed by atoms with Crippen LogP contribution >= 0.6 is 11.8 Å². The SMILES string of the molecule is CSC1=Nc2c(C)ccc3cccc1c23. The molecule has 0 N–H and O–H groups in total. The predicted molar refractivity (Wildman–Crippen MR) is 68.4 cm³/mol. The highest BCUT2D eigenvalue weighted by atomic mass is 32.2. The van der Waals surface area contributed by atoms with Crippen molar-refractivity contribution in [3.63, 3.8) is 0 Å². The molecule has 0 atom stereocenters. The van der Waals surface area contributed by atoms with Crippen molar-refractivity contribution in [1.82, 2.24) is 0 Å². The standard InChI is InChI=1S/C13H11NS/c1-8-6-7-9-4-3-5-10-11(9)12(8)14-13(10)15-2/h3-7H,1-2H3. The van der Waals surface area contributed by atoms with Crippen LogP contribution in [0.15, 0.2) is 35.3 Å². The Morgan fingerprint density at radius 2 is 2.00 bits per heavy atom. The molecule has 0 spiro atoms. The highest BCUT2D eigenvalue weighted by Gasteiger charge is 2.18. The van der Waals surface area contributed by atoms with Gasteiger partial charge in [-0.2, -0.15) is 0 Å². The molecule has 0 unspecified atom stereocenters. The van der Waals surface area contributed by atoms with Gasteiger partial charge in [0.25, 0.3) is 0 Å². The average Bonchev–Trinajstić information content (AvgIpc) is 2.65. The number of aliphatic imine (C=N–C) groups is 1. The maximum absolute atomic E-state index is 4.69. The van der Waals surface area contributed by atoms with E-state index in [0.29, 0.717) is 0 Å². The summed E-state index contributed by atoms with van der Waals surface area (Å²) in [5.41, 5.74) is 3.71. The van der Waals surface area contributed by atoms with Gasteiger partial charge in [0.15, 0.2) is 0 Å². The monoisotopic (exact) mass is 213 g/mol. The molecular formula is C13H11NS. The number of hydrogen-bond donors (Lipinski definition) is 0. The van der Waals surface area contributed by atoms with Crippen molar-refractivity contribution >= 4 is 33.3 Å². The Hall–Kier alpha value is -1.28. The minimum atomic E-state index is 1.14. The number of thioether (sulfide) groups is 1. The van der Waals surface area contributed by atoms with Crippen molar-refractivity contribution in [2.24, 2.45) is 4.99 Å². The molecule has 1 nitrogen and oxygen atoms in total. The Balaban J connectivity index is 2.49. The van der Waals surface area contributed by atoms with Crippen molar-refractivity contribution in [2.75, 3.05) is 6.26 Å². The Bertz CT molecular complexity index is 584. The van der Waals surface area contributed by atoms with Gasteiger partial charge < -0.3 is 0 Å². The predicted octanol–water partition coefficient (Wildman–Crippen LogP) is 3.90. The van der Waals surface area contributed by atoms with Gasteiger partial charge in [0.1, 0.15) is 5.04 Å². The molecule has 0 fully saturated rings. The third-order valence-corrected chi connectivity index (χ3v) is 3.55. The lowest BCUT2D eigenvalue weighted by atomic mass is 10.0. The molecule has 3 rings (SSSR count). The van der Waals surface area contributed by atoms with E-state index in [2.05, 4.69) is 43.5 Å². The largest absolute Gasteiger partial charge is 0.241 e. The van der Waals surface area contributed by atoms with E-state index in [9.17, 15) is 0 Å². The summed E-state index contributed by atoms with van der Waals surface area (Å²) in [6.07, 6.45) is 2.08. The first-order valence-corrected chi connectivity index (χ1v) is 6.19. The molecule has 0 saturated carbocycles. The molecule has 0 aromatic heterocycles. The summed E-state index contributed by atoms with van der Waals surface area (Å²) >= 11 is 1.72. The van der Waals surface area contributed by atoms with Crippen LogP contribution in [0, 0.1) is 6.92 Å². The van der Waals surface area contributed by atoms with Gasteiger partial charge in [-0.05, 0) is 24.1 Å². The van der Waals surface area contributed by atoms with Gasteiger partial charge in [0.05, 0.1) is 5.69 Å². The molecule has 0 aliphatic carbocycles. The van der Waals surface area contributed by atoms with Gasteiger partial charge in [-0.25, -0.2) is 4.99 Å². The van der Waals surface area contributed by atoms with Crippen LogP contribution in [0.2, 0.25) is 0 Å². The van der Waals surface area contributed by atoms with E-state index in [0.717, 1.165) is 10.7 Å². The van der Waals surface area contributed by atoms with Crippen LogP contribution in [0.1, 0.15) is 11.1 Å². The van der Waals surface area contributed by atoms with Crippen LogP contribution in [-0.4, -0.2) is 11.3 Å². The van der Waals surface area contributed by atoms with Crippen molar-refractivity contribution in [1.29, 1.82) is 0 Å². The van der Waals surface area contributed by atoms with Crippen LogP contribution < -0.4 is 0 Å². The molecule has 1 aliphatic heterocycles. The number of aryl methyl sites for hydroxylation is 1. The molecule has 0 saturated heterocycles.